The van der Waals surface area contributed by atoms with Crippen LogP contribution in [0.2, 0.25) is 0 Å². The number of hydrogen-bond acceptors (Lipinski definition) is 0. The van der Waals surface area contributed by atoms with Crippen molar-refractivity contribution in [3.63, 3.8) is 0 Å². The standard InChI is InChI=1S/C17H17.C13H10.C7H9.2ClH.Zr/c1-3-12-5-7-16-14(9-12)11-15-10-13(4-2)6-8-17(15)16;1-3-7-12(8-4-1)11-13-9-5-2-6-10-13;1-6-4-3-5-7(6)2;;;/h5-11H,3-4H2,1-2H3;1-10H;4H,5H2,1-2H3;2*1H;/q;;;;;+2/p-2. The van der Waals surface area contributed by atoms with E-state index in [-0.39, 0.29) is 24.8 Å². The Kier molecular flexibility index (Phi) is 10.1. The number of allylic oxidation sites excluding steroid dienone is 4. The Hall–Kier alpha value is -2.31. The van der Waals surface area contributed by atoms with Crippen LogP contribution in [0.4, 0.5) is 0 Å². The minimum atomic E-state index is -2.63. The van der Waals surface area contributed by atoms with Crippen LogP contribution >= 0.6 is 0 Å². The van der Waals surface area contributed by atoms with Crippen molar-refractivity contribution in [1.29, 1.82) is 0 Å². The molecule has 4 aromatic carbocycles. The van der Waals surface area contributed by atoms with Crippen LogP contribution < -0.4 is 24.8 Å². The average Bonchev–Trinajstić information content (AvgIpc) is 3.47. The molecule has 0 atom stereocenters. The van der Waals surface area contributed by atoms with E-state index < -0.39 is 21.3 Å². The van der Waals surface area contributed by atoms with Gasteiger partial charge in [0.2, 0.25) is 0 Å². The van der Waals surface area contributed by atoms with Crippen LogP contribution in [0.1, 0.15) is 71.1 Å². The molecule has 4 aromatic rings. The first-order chi connectivity index (χ1) is 18.6. The van der Waals surface area contributed by atoms with E-state index in [0.717, 1.165) is 19.3 Å². The maximum atomic E-state index is 2.58. The maximum absolute atomic E-state index is 2.63. The van der Waals surface area contributed by atoms with Crippen molar-refractivity contribution in [2.45, 2.75) is 50.6 Å². The van der Waals surface area contributed by atoms with Crippen LogP contribution in [0.3, 0.4) is 0 Å². The largest absolute Gasteiger partial charge is 1.00 e. The van der Waals surface area contributed by atoms with Crippen molar-refractivity contribution >= 4 is 3.21 Å². The Bertz CT molecular complexity index is 1520. The molecule has 0 radical (unpaired) electrons. The summed E-state index contributed by atoms with van der Waals surface area (Å²) < 4.78 is 3.84. The van der Waals surface area contributed by atoms with Crippen molar-refractivity contribution < 1.29 is 46.1 Å². The second-order valence-electron chi connectivity index (χ2n) is 10.8. The van der Waals surface area contributed by atoms with Gasteiger partial charge in [-0.2, -0.15) is 0 Å². The van der Waals surface area contributed by atoms with E-state index in [4.69, 9.17) is 0 Å². The molecular weight excluding hydrogens is 607 g/mol. The SMILES string of the molecule is CCc1ccc2c(c1)[CH]([Zr+2]([C]1=CC(C)=C(C)C1)=[C](c1ccccc1)c1ccccc1)c1cc(CC)ccc1-2.[Cl-].[Cl-]. The number of fused-ring (bicyclic) bond motifs is 3. The van der Waals surface area contributed by atoms with Crippen LogP contribution in [0.5, 0.6) is 0 Å². The normalized spacial score (nSPS) is 13.4. The van der Waals surface area contributed by atoms with E-state index in [0.29, 0.717) is 3.63 Å². The predicted octanol–water partition coefficient (Wildman–Crippen LogP) is 3.40. The van der Waals surface area contributed by atoms with E-state index in [2.05, 4.69) is 131 Å². The fourth-order valence-electron chi connectivity index (χ4n) is 6.32. The van der Waals surface area contributed by atoms with Gasteiger partial charge < -0.3 is 24.8 Å². The van der Waals surface area contributed by atoms with E-state index in [9.17, 15) is 0 Å². The Labute approximate surface area is 260 Å². The van der Waals surface area contributed by atoms with Gasteiger partial charge in [0.05, 0.1) is 0 Å². The second kappa shape index (κ2) is 13.1. The predicted molar refractivity (Wildman–Crippen MR) is 160 cm³/mol. The van der Waals surface area contributed by atoms with Gasteiger partial charge in [-0.3, -0.25) is 0 Å². The first-order valence-corrected chi connectivity index (χ1v) is 17.9. The molecule has 0 unspecified atom stereocenters. The molecule has 40 heavy (non-hydrogen) atoms. The van der Waals surface area contributed by atoms with Crippen molar-refractivity contribution in [3.8, 4) is 11.1 Å². The van der Waals surface area contributed by atoms with Gasteiger partial charge in [-0.1, -0.05) is 0 Å². The van der Waals surface area contributed by atoms with Gasteiger partial charge in [-0.05, 0) is 0 Å². The summed E-state index contributed by atoms with van der Waals surface area (Å²) in [5, 5.41) is 0. The number of benzene rings is 4. The average molecular weight is 643 g/mol. The zero-order valence-corrected chi connectivity index (χ0v) is 27.7. The van der Waals surface area contributed by atoms with Gasteiger partial charge in [0.1, 0.15) is 0 Å². The molecule has 0 aliphatic heterocycles. The molecule has 0 bridgehead atoms. The molecule has 0 fully saturated rings. The summed E-state index contributed by atoms with van der Waals surface area (Å²) in [6.45, 7) is 9.23. The summed E-state index contributed by atoms with van der Waals surface area (Å²) in [4.78, 5) is 0. The summed E-state index contributed by atoms with van der Waals surface area (Å²) in [6.07, 6.45) is 5.87. The van der Waals surface area contributed by atoms with Gasteiger partial charge in [-0.25, -0.2) is 0 Å². The minimum Gasteiger partial charge on any atom is -1.00 e. The van der Waals surface area contributed by atoms with E-state index >= 15 is 0 Å². The molecule has 0 saturated heterocycles. The second-order valence-corrected chi connectivity index (χ2v) is 17.1. The van der Waals surface area contributed by atoms with Gasteiger partial charge >= 0.3 is 237 Å². The zero-order valence-electron chi connectivity index (χ0n) is 23.8. The number of halogens is 2. The summed E-state index contributed by atoms with van der Waals surface area (Å²) in [5.41, 5.74) is 14.8. The van der Waals surface area contributed by atoms with Gasteiger partial charge in [0.15, 0.2) is 0 Å². The van der Waals surface area contributed by atoms with E-state index in [1.807, 2.05) is 0 Å². The summed E-state index contributed by atoms with van der Waals surface area (Å²) in [7, 11) is 0. The number of aryl methyl sites for hydroxylation is 2. The molecule has 0 nitrogen and oxygen atoms in total. The Morgan fingerprint density at radius 2 is 1.15 bits per heavy atom. The molecular formula is C37H36Cl2Zr. The van der Waals surface area contributed by atoms with Gasteiger partial charge in [0.25, 0.3) is 0 Å². The monoisotopic (exact) mass is 640 g/mol. The third-order valence-corrected chi connectivity index (χ3v) is 16.7. The summed E-state index contributed by atoms with van der Waals surface area (Å²) in [6, 6.07) is 37.3. The van der Waals surface area contributed by atoms with Crippen molar-refractivity contribution in [2.24, 2.45) is 0 Å². The molecule has 0 aromatic heterocycles. The van der Waals surface area contributed by atoms with Gasteiger partial charge in [-0.15, -0.1) is 0 Å². The van der Waals surface area contributed by atoms with Crippen LogP contribution in [0.25, 0.3) is 11.1 Å². The molecule has 6 rings (SSSR count). The van der Waals surface area contributed by atoms with Crippen LogP contribution in [-0.2, 0) is 34.1 Å². The molecule has 0 heterocycles. The first-order valence-electron chi connectivity index (χ1n) is 14.1. The minimum absolute atomic E-state index is 0. The molecule has 202 valence electrons. The third-order valence-electron chi connectivity index (χ3n) is 8.51. The van der Waals surface area contributed by atoms with Crippen LogP contribution in [0.15, 0.2) is 118 Å². The van der Waals surface area contributed by atoms with E-state index in [1.54, 1.807) is 23.2 Å². The molecule has 2 aliphatic rings. The fraction of sp³-hybridized carbons (Fsp3) is 0.216. The van der Waals surface area contributed by atoms with Crippen molar-refractivity contribution in [3.05, 3.63) is 151 Å². The van der Waals surface area contributed by atoms with Crippen LogP contribution in [0, 0.1) is 0 Å². The van der Waals surface area contributed by atoms with Gasteiger partial charge in [0, 0.05) is 0 Å². The topological polar surface area (TPSA) is 0 Å². The third kappa shape index (κ3) is 5.59. The quantitative estimate of drug-likeness (QED) is 0.303. The molecule has 0 spiro atoms. The zero-order chi connectivity index (χ0) is 26.2. The smallest absolute Gasteiger partial charge is 1.00 e. The molecule has 0 N–H and O–H groups in total. The van der Waals surface area contributed by atoms with Crippen molar-refractivity contribution in [2.75, 3.05) is 0 Å². The molecule has 0 amide bonds. The number of rotatable bonds is 6. The number of hydrogen-bond donors (Lipinski definition) is 0. The first kappa shape index (κ1) is 30.6. The Morgan fingerprint density at radius 3 is 1.55 bits per heavy atom. The maximum Gasteiger partial charge on any atom is -1.00 e. The molecule has 0 saturated carbocycles. The van der Waals surface area contributed by atoms with E-state index in [1.165, 1.54) is 39.0 Å². The summed E-state index contributed by atoms with van der Waals surface area (Å²) in [5.74, 6) is 0. The molecule has 3 heteroatoms. The van der Waals surface area contributed by atoms with Crippen LogP contribution in [-0.4, -0.2) is 3.21 Å². The Morgan fingerprint density at radius 1 is 0.675 bits per heavy atom. The Balaban J connectivity index is 0.00000185. The molecule has 2 aliphatic carbocycles. The van der Waals surface area contributed by atoms with Crippen molar-refractivity contribution in [1.82, 2.24) is 0 Å². The fourth-order valence-corrected chi connectivity index (χ4v) is 15.8. The summed E-state index contributed by atoms with van der Waals surface area (Å²) >= 11 is -2.63.